The van der Waals surface area contributed by atoms with Crippen LogP contribution < -0.4 is 4.72 Å². The third-order valence-electron chi connectivity index (χ3n) is 2.49. The van der Waals surface area contributed by atoms with Crippen LogP contribution in [0.3, 0.4) is 0 Å². The first-order valence-corrected chi connectivity index (χ1v) is 7.30. The van der Waals surface area contributed by atoms with E-state index < -0.39 is 33.9 Å². The van der Waals surface area contributed by atoms with Gasteiger partial charge in [-0.1, -0.05) is 12.1 Å². The van der Waals surface area contributed by atoms with Crippen LogP contribution in [0.2, 0.25) is 0 Å². The zero-order valence-corrected chi connectivity index (χ0v) is 11.5. The van der Waals surface area contributed by atoms with Crippen LogP contribution in [-0.2, 0) is 20.6 Å². The van der Waals surface area contributed by atoms with E-state index >= 15 is 0 Å². The van der Waals surface area contributed by atoms with Gasteiger partial charge in [0.2, 0.25) is 10.0 Å². The largest absolute Gasteiger partial charge is 0.480 e. The van der Waals surface area contributed by atoms with Crippen molar-refractivity contribution in [2.75, 3.05) is 0 Å². The first-order chi connectivity index (χ1) is 9.25. The summed E-state index contributed by atoms with van der Waals surface area (Å²) >= 11 is 0. The van der Waals surface area contributed by atoms with Crippen molar-refractivity contribution in [2.24, 2.45) is 0 Å². The van der Waals surface area contributed by atoms with E-state index in [-0.39, 0.29) is 0 Å². The van der Waals surface area contributed by atoms with E-state index in [1.165, 1.54) is 31.2 Å². The minimum atomic E-state index is -3.92. The van der Waals surface area contributed by atoms with Gasteiger partial charge in [-0.05, 0) is 24.6 Å². The maximum Gasteiger partial charge on any atom is 0.324 e. The van der Waals surface area contributed by atoms with Crippen LogP contribution in [0.1, 0.15) is 18.1 Å². The quantitative estimate of drug-likeness (QED) is 0.668. The van der Waals surface area contributed by atoms with E-state index in [0.717, 1.165) is 0 Å². The predicted octanol–water partition coefficient (Wildman–Crippen LogP) is -0.188. The van der Waals surface area contributed by atoms with Crippen molar-refractivity contribution in [3.05, 3.63) is 35.4 Å². The van der Waals surface area contributed by atoms with Crippen LogP contribution in [0.5, 0.6) is 0 Å². The fourth-order valence-corrected chi connectivity index (χ4v) is 2.88. The Morgan fingerprint density at radius 2 is 1.95 bits per heavy atom. The average Bonchev–Trinajstić information content (AvgIpc) is 2.36. The lowest BCUT2D eigenvalue weighted by molar-refractivity contribution is -0.141. The normalized spacial score (nSPS) is 14.2. The molecule has 0 amide bonds. The van der Waals surface area contributed by atoms with Crippen molar-refractivity contribution < 1.29 is 23.4 Å². The number of carboxylic acids is 1. The SMILES string of the molecule is CC(O)C(NS(=O)(=O)Cc1ccc(C#N)cc1)C(=O)O. The molecule has 2 atom stereocenters. The van der Waals surface area contributed by atoms with Crippen molar-refractivity contribution in [2.45, 2.75) is 24.8 Å². The molecule has 2 unspecified atom stereocenters. The summed E-state index contributed by atoms with van der Waals surface area (Å²) < 4.78 is 25.6. The Bertz CT molecular complexity index is 616. The maximum atomic E-state index is 11.8. The number of aliphatic hydroxyl groups is 1. The summed E-state index contributed by atoms with van der Waals surface area (Å²) in [4.78, 5) is 10.8. The summed E-state index contributed by atoms with van der Waals surface area (Å²) in [6.45, 7) is 1.18. The fourth-order valence-electron chi connectivity index (χ4n) is 1.49. The van der Waals surface area contributed by atoms with E-state index in [4.69, 9.17) is 10.4 Å². The van der Waals surface area contributed by atoms with Crippen LogP contribution in [0.15, 0.2) is 24.3 Å². The molecular formula is C12H14N2O5S. The third-order valence-corrected chi connectivity index (χ3v) is 3.82. The summed E-state index contributed by atoms with van der Waals surface area (Å²) in [7, 11) is -3.92. The number of nitriles is 1. The lowest BCUT2D eigenvalue weighted by Crippen LogP contribution is -2.47. The van der Waals surface area contributed by atoms with Gasteiger partial charge in [0.05, 0.1) is 23.5 Å². The van der Waals surface area contributed by atoms with E-state index in [1.807, 2.05) is 10.8 Å². The molecular weight excluding hydrogens is 284 g/mol. The van der Waals surface area contributed by atoms with Crippen molar-refractivity contribution in [3.63, 3.8) is 0 Å². The van der Waals surface area contributed by atoms with Gasteiger partial charge >= 0.3 is 5.97 Å². The minimum Gasteiger partial charge on any atom is -0.480 e. The Hall–Kier alpha value is -1.95. The molecule has 0 saturated carbocycles. The molecule has 1 aromatic carbocycles. The van der Waals surface area contributed by atoms with E-state index in [1.54, 1.807) is 0 Å². The van der Waals surface area contributed by atoms with Gasteiger partial charge in [0.15, 0.2) is 0 Å². The summed E-state index contributed by atoms with van der Waals surface area (Å²) in [5.41, 5.74) is 0.803. The number of nitrogens with one attached hydrogen (secondary N) is 1. The molecule has 0 aliphatic heterocycles. The highest BCUT2D eigenvalue weighted by Crippen LogP contribution is 2.08. The zero-order chi connectivity index (χ0) is 15.3. The van der Waals surface area contributed by atoms with Crippen molar-refractivity contribution in [3.8, 4) is 6.07 Å². The Morgan fingerprint density at radius 3 is 2.35 bits per heavy atom. The smallest absolute Gasteiger partial charge is 0.324 e. The summed E-state index contributed by atoms with van der Waals surface area (Å²) in [5, 5.41) is 26.7. The fraction of sp³-hybridized carbons (Fsp3) is 0.333. The Labute approximate surface area is 116 Å². The molecule has 0 aliphatic carbocycles. The first kappa shape index (κ1) is 16.1. The van der Waals surface area contributed by atoms with Crippen LogP contribution in [0, 0.1) is 11.3 Å². The number of nitrogens with zero attached hydrogens (tertiary/aromatic N) is 1. The molecule has 0 spiro atoms. The van der Waals surface area contributed by atoms with Crippen LogP contribution in [0.4, 0.5) is 0 Å². The average molecular weight is 298 g/mol. The second kappa shape index (κ2) is 6.47. The van der Waals surface area contributed by atoms with Crippen molar-refractivity contribution in [1.82, 2.24) is 4.72 Å². The van der Waals surface area contributed by atoms with Crippen molar-refractivity contribution in [1.29, 1.82) is 5.26 Å². The molecule has 0 bridgehead atoms. The molecule has 0 saturated heterocycles. The summed E-state index contributed by atoms with van der Waals surface area (Å²) in [6, 6.07) is 6.17. The second-order valence-corrected chi connectivity index (χ2v) is 6.00. The van der Waals surface area contributed by atoms with Gasteiger partial charge in [-0.15, -0.1) is 0 Å². The monoisotopic (exact) mass is 298 g/mol. The number of benzene rings is 1. The van der Waals surface area contributed by atoms with E-state index in [2.05, 4.69) is 0 Å². The number of aliphatic hydroxyl groups excluding tert-OH is 1. The molecule has 20 heavy (non-hydrogen) atoms. The number of rotatable bonds is 6. The highest BCUT2D eigenvalue weighted by molar-refractivity contribution is 7.88. The summed E-state index contributed by atoms with van der Waals surface area (Å²) in [6.07, 6.45) is -1.36. The Morgan fingerprint density at radius 1 is 1.40 bits per heavy atom. The van der Waals surface area contributed by atoms with E-state index in [0.29, 0.717) is 11.1 Å². The molecule has 3 N–H and O–H groups in total. The van der Waals surface area contributed by atoms with Crippen LogP contribution >= 0.6 is 0 Å². The van der Waals surface area contributed by atoms with Gasteiger partial charge in [-0.2, -0.15) is 9.98 Å². The van der Waals surface area contributed by atoms with Gasteiger partial charge in [-0.3, -0.25) is 4.79 Å². The molecule has 0 aromatic heterocycles. The zero-order valence-electron chi connectivity index (χ0n) is 10.6. The number of hydrogen-bond acceptors (Lipinski definition) is 5. The second-order valence-electron chi connectivity index (χ2n) is 4.24. The first-order valence-electron chi connectivity index (χ1n) is 5.65. The molecule has 0 heterocycles. The topological polar surface area (TPSA) is 127 Å². The molecule has 108 valence electrons. The predicted molar refractivity (Wildman–Crippen MR) is 70.0 cm³/mol. The molecule has 1 rings (SSSR count). The standard InChI is InChI=1S/C12H14N2O5S/c1-8(15)11(12(16)17)14-20(18,19)7-10-4-2-9(6-13)3-5-10/h2-5,8,11,14-15H,7H2,1H3,(H,16,17). The van der Waals surface area contributed by atoms with E-state index in [9.17, 15) is 18.3 Å². The molecule has 0 fully saturated rings. The highest BCUT2D eigenvalue weighted by Gasteiger charge is 2.28. The number of sulfonamides is 1. The highest BCUT2D eigenvalue weighted by atomic mass is 32.2. The Balaban J connectivity index is 2.83. The summed E-state index contributed by atoms with van der Waals surface area (Å²) in [5.74, 6) is -1.89. The lowest BCUT2D eigenvalue weighted by atomic mass is 10.2. The number of aliphatic carboxylic acids is 1. The van der Waals surface area contributed by atoms with Gasteiger partial charge < -0.3 is 10.2 Å². The Kier molecular flexibility index (Phi) is 5.21. The van der Waals surface area contributed by atoms with Gasteiger partial charge in [-0.25, -0.2) is 8.42 Å². The van der Waals surface area contributed by atoms with Gasteiger partial charge in [0.25, 0.3) is 0 Å². The molecule has 7 nitrogen and oxygen atoms in total. The van der Waals surface area contributed by atoms with Crippen LogP contribution in [-0.4, -0.2) is 36.7 Å². The molecule has 8 heteroatoms. The van der Waals surface area contributed by atoms with Gasteiger partial charge in [0.1, 0.15) is 6.04 Å². The number of carbonyl (C=O) groups is 1. The van der Waals surface area contributed by atoms with Crippen LogP contribution in [0.25, 0.3) is 0 Å². The molecule has 0 radical (unpaired) electrons. The third kappa shape index (κ3) is 4.62. The van der Waals surface area contributed by atoms with Gasteiger partial charge in [0, 0.05) is 0 Å². The maximum absolute atomic E-state index is 11.8. The number of hydrogen-bond donors (Lipinski definition) is 3. The van der Waals surface area contributed by atoms with Crippen molar-refractivity contribution >= 4 is 16.0 Å². The number of carboxylic acid groups (broad SMARTS) is 1. The lowest BCUT2D eigenvalue weighted by Gasteiger charge is -2.17. The molecule has 1 aromatic rings. The molecule has 0 aliphatic rings. The minimum absolute atomic E-state index is 0.395.